The molecule has 0 aliphatic rings. The van der Waals surface area contributed by atoms with E-state index in [2.05, 4.69) is 15.9 Å². The standard InChI is InChI=1S/C14H19BrO2/c1-4-14(3,17-5-2)13(16)10-11-6-8-12(15)9-7-11/h6-9H,4-5,10H2,1-3H3. The molecule has 0 saturated heterocycles. The molecular weight excluding hydrogens is 280 g/mol. The number of ketones is 1. The van der Waals surface area contributed by atoms with Gasteiger partial charge in [-0.3, -0.25) is 4.79 Å². The number of hydrogen-bond donors (Lipinski definition) is 0. The second-order valence-corrected chi connectivity index (χ2v) is 5.16. The van der Waals surface area contributed by atoms with Gasteiger partial charge < -0.3 is 4.74 Å². The Labute approximate surface area is 111 Å². The summed E-state index contributed by atoms with van der Waals surface area (Å²) in [6, 6.07) is 7.83. The summed E-state index contributed by atoms with van der Waals surface area (Å²) >= 11 is 3.38. The molecule has 0 N–H and O–H groups in total. The molecule has 2 nitrogen and oxygen atoms in total. The molecule has 0 fully saturated rings. The van der Waals surface area contributed by atoms with Crippen LogP contribution in [0, 0.1) is 0 Å². The highest BCUT2D eigenvalue weighted by Gasteiger charge is 2.31. The highest BCUT2D eigenvalue weighted by molar-refractivity contribution is 9.10. The molecule has 0 radical (unpaired) electrons. The van der Waals surface area contributed by atoms with Crippen molar-refractivity contribution >= 4 is 21.7 Å². The number of ether oxygens (including phenoxy) is 1. The summed E-state index contributed by atoms with van der Waals surface area (Å²) in [5.74, 6) is 0.143. The van der Waals surface area contributed by atoms with E-state index in [0.29, 0.717) is 19.4 Å². The van der Waals surface area contributed by atoms with E-state index in [1.807, 2.05) is 45.0 Å². The Morgan fingerprint density at radius 3 is 2.35 bits per heavy atom. The van der Waals surface area contributed by atoms with Gasteiger partial charge in [0.15, 0.2) is 5.78 Å². The largest absolute Gasteiger partial charge is 0.368 e. The average Bonchev–Trinajstić information content (AvgIpc) is 2.32. The first-order valence-electron chi connectivity index (χ1n) is 5.93. The molecule has 0 spiro atoms. The van der Waals surface area contributed by atoms with Crippen molar-refractivity contribution in [3.63, 3.8) is 0 Å². The molecule has 0 aliphatic heterocycles. The smallest absolute Gasteiger partial charge is 0.168 e. The zero-order valence-corrected chi connectivity index (χ0v) is 12.2. The van der Waals surface area contributed by atoms with Crippen LogP contribution >= 0.6 is 15.9 Å². The van der Waals surface area contributed by atoms with Gasteiger partial charge in [0, 0.05) is 17.5 Å². The number of benzene rings is 1. The molecule has 0 aromatic heterocycles. The van der Waals surface area contributed by atoms with Gasteiger partial charge >= 0.3 is 0 Å². The molecule has 1 unspecified atom stereocenters. The summed E-state index contributed by atoms with van der Waals surface area (Å²) < 4.78 is 6.60. The van der Waals surface area contributed by atoms with E-state index in [4.69, 9.17) is 4.74 Å². The molecule has 17 heavy (non-hydrogen) atoms. The van der Waals surface area contributed by atoms with E-state index in [-0.39, 0.29) is 5.78 Å². The number of hydrogen-bond acceptors (Lipinski definition) is 2. The van der Waals surface area contributed by atoms with Gasteiger partial charge in [-0.05, 0) is 38.0 Å². The second-order valence-electron chi connectivity index (χ2n) is 4.24. The second kappa shape index (κ2) is 6.31. The summed E-state index contributed by atoms with van der Waals surface area (Å²) in [4.78, 5) is 12.2. The van der Waals surface area contributed by atoms with Crippen molar-refractivity contribution in [2.45, 2.75) is 39.2 Å². The highest BCUT2D eigenvalue weighted by Crippen LogP contribution is 2.20. The third-order valence-corrected chi connectivity index (χ3v) is 3.53. The fourth-order valence-corrected chi connectivity index (χ4v) is 1.94. The predicted octanol–water partition coefficient (Wildman–Crippen LogP) is 3.77. The lowest BCUT2D eigenvalue weighted by molar-refractivity contribution is -0.141. The van der Waals surface area contributed by atoms with Crippen LogP contribution in [0.3, 0.4) is 0 Å². The zero-order chi connectivity index (χ0) is 12.9. The van der Waals surface area contributed by atoms with Crippen LogP contribution in [0.15, 0.2) is 28.7 Å². The van der Waals surface area contributed by atoms with E-state index >= 15 is 0 Å². The summed E-state index contributed by atoms with van der Waals surface area (Å²) in [5, 5.41) is 0. The van der Waals surface area contributed by atoms with Crippen molar-refractivity contribution in [2.75, 3.05) is 6.61 Å². The fraction of sp³-hybridized carbons (Fsp3) is 0.500. The Hall–Kier alpha value is -0.670. The monoisotopic (exact) mass is 298 g/mol. The lowest BCUT2D eigenvalue weighted by atomic mass is 9.92. The van der Waals surface area contributed by atoms with Crippen molar-refractivity contribution in [1.29, 1.82) is 0 Å². The Kier molecular flexibility index (Phi) is 5.34. The molecule has 0 saturated carbocycles. The molecule has 94 valence electrons. The average molecular weight is 299 g/mol. The first kappa shape index (κ1) is 14.4. The fourth-order valence-electron chi connectivity index (χ4n) is 1.67. The molecule has 1 atom stereocenters. The minimum atomic E-state index is -0.651. The Balaban J connectivity index is 2.73. The lowest BCUT2D eigenvalue weighted by Gasteiger charge is -2.26. The van der Waals surface area contributed by atoms with Gasteiger partial charge in [0.25, 0.3) is 0 Å². The number of carbonyl (C=O) groups is 1. The van der Waals surface area contributed by atoms with Crippen molar-refractivity contribution in [1.82, 2.24) is 0 Å². The quantitative estimate of drug-likeness (QED) is 0.799. The van der Waals surface area contributed by atoms with E-state index in [0.717, 1.165) is 10.0 Å². The van der Waals surface area contributed by atoms with E-state index < -0.39 is 5.60 Å². The van der Waals surface area contributed by atoms with Gasteiger partial charge in [0.1, 0.15) is 5.60 Å². The van der Waals surface area contributed by atoms with Gasteiger partial charge in [-0.2, -0.15) is 0 Å². The van der Waals surface area contributed by atoms with E-state index in [1.54, 1.807) is 0 Å². The molecule has 1 rings (SSSR count). The maximum atomic E-state index is 12.2. The molecule has 1 aromatic rings. The molecule has 0 bridgehead atoms. The Bertz CT molecular complexity index is 372. The molecule has 1 aromatic carbocycles. The van der Waals surface area contributed by atoms with Gasteiger partial charge in [-0.25, -0.2) is 0 Å². The number of rotatable bonds is 6. The van der Waals surface area contributed by atoms with Crippen LogP contribution in [0.2, 0.25) is 0 Å². The van der Waals surface area contributed by atoms with Gasteiger partial charge in [0.2, 0.25) is 0 Å². The third kappa shape index (κ3) is 3.93. The van der Waals surface area contributed by atoms with Crippen LogP contribution in [0.4, 0.5) is 0 Å². The van der Waals surface area contributed by atoms with Crippen molar-refractivity contribution in [3.8, 4) is 0 Å². The van der Waals surface area contributed by atoms with Crippen LogP contribution in [0.5, 0.6) is 0 Å². The molecular formula is C14H19BrO2. The molecule has 0 amide bonds. The third-order valence-electron chi connectivity index (χ3n) is 3.01. The SMILES string of the molecule is CCOC(C)(CC)C(=O)Cc1ccc(Br)cc1. The minimum absolute atomic E-state index is 0.143. The van der Waals surface area contributed by atoms with Crippen LogP contribution < -0.4 is 0 Å². The minimum Gasteiger partial charge on any atom is -0.368 e. The predicted molar refractivity (Wildman–Crippen MR) is 73.2 cm³/mol. The van der Waals surface area contributed by atoms with E-state index in [1.165, 1.54) is 0 Å². The number of Topliss-reactive ketones (excluding diaryl/α,β-unsaturated/α-hetero) is 1. The van der Waals surface area contributed by atoms with Crippen LogP contribution in [-0.4, -0.2) is 18.0 Å². The van der Waals surface area contributed by atoms with Crippen molar-refractivity contribution < 1.29 is 9.53 Å². The lowest BCUT2D eigenvalue weighted by Crippen LogP contribution is -2.39. The summed E-state index contributed by atoms with van der Waals surface area (Å²) in [6.45, 7) is 6.34. The maximum absolute atomic E-state index is 12.2. The van der Waals surface area contributed by atoms with Gasteiger partial charge in [0.05, 0.1) is 0 Å². The normalized spacial score (nSPS) is 14.4. The highest BCUT2D eigenvalue weighted by atomic mass is 79.9. The van der Waals surface area contributed by atoms with Crippen molar-refractivity contribution in [3.05, 3.63) is 34.3 Å². The van der Waals surface area contributed by atoms with Gasteiger partial charge in [-0.1, -0.05) is 35.0 Å². The zero-order valence-electron chi connectivity index (χ0n) is 10.6. The maximum Gasteiger partial charge on any atom is 0.168 e. The number of carbonyl (C=O) groups excluding carboxylic acids is 1. The van der Waals surface area contributed by atoms with Crippen LogP contribution in [0.25, 0.3) is 0 Å². The molecule has 0 aliphatic carbocycles. The summed E-state index contributed by atoms with van der Waals surface area (Å²) in [6.07, 6.45) is 1.13. The van der Waals surface area contributed by atoms with Gasteiger partial charge in [-0.15, -0.1) is 0 Å². The first-order chi connectivity index (χ1) is 8.01. The van der Waals surface area contributed by atoms with E-state index in [9.17, 15) is 4.79 Å². The van der Waals surface area contributed by atoms with Crippen molar-refractivity contribution in [2.24, 2.45) is 0 Å². The Morgan fingerprint density at radius 1 is 1.29 bits per heavy atom. The topological polar surface area (TPSA) is 26.3 Å². The Morgan fingerprint density at radius 2 is 1.88 bits per heavy atom. The van der Waals surface area contributed by atoms with Crippen LogP contribution in [0.1, 0.15) is 32.8 Å². The summed E-state index contributed by atoms with van der Waals surface area (Å²) in [7, 11) is 0. The summed E-state index contributed by atoms with van der Waals surface area (Å²) in [5.41, 5.74) is 0.375. The number of halogens is 1. The first-order valence-corrected chi connectivity index (χ1v) is 6.73. The van der Waals surface area contributed by atoms with Crippen LogP contribution in [-0.2, 0) is 16.0 Å². The molecule has 0 heterocycles. The molecule has 3 heteroatoms.